The van der Waals surface area contributed by atoms with Crippen molar-refractivity contribution in [2.75, 3.05) is 19.8 Å². The minimum Gasteiger partial charge on any atom is -0.394 e. The van der Waals surface area contributed by atoms with Gasteiger partial charge in [0.25, 0.3) is 0 Å². The molecule has 0 aliphatic heterocycles. The second-order valence-corrected chi connectivity index (χ2v) is 1.48. The van der Waals surface area contributed by atoms with E-state index in [1.165, 1.54) is 6.92 Å². The molecule has 0 saturated heterocycles. The van der Waals surface area contributed by atoms with Gasteiger partial charge in [-0.25, -0.2) is 0 Å². The van der Waals surface area contributed by atoms with Crippen LogP contribution in [0.5, 0.6) is 0 Å². The van der Waals surface area contributed by atoms with Crippen LogP contribution in [-0.4, -0.2) is 46.4 Å². The minimum absolute atomic E-state index is 0.125. The van der Waals surface area contributed by atoms with Crippen LogP contribution in [-0.2, 0) is 0 Å². The number of hydrogen-bond acceptors (Lipinski definition) is 4. The predicted octanol–water partition coefficient (Wildman–Crippen LogP) is -0.0651. The zero-order chi connectivity index (χ0) is 11.7. The first-order valence-corrected chi connectivity index (χ1v) is 3.69. The summed E-state index contributed by atoms with van der Waals surface area (Å²) in [5.41, 5.74) is 0. The first-order valence-electron chi connectivity index (χ1n) is 3.69. The topological polar surface area (TPSA) is 80.9 Å². The number of rotatable bonds is 2. The molecule has 4 N–H and O–H groups in total. The molecule has 0 aliphatic rings. The van der Waals surface area contributed by atoms with E-state index >= 15 is 0 Å². The summed E-state index contributed by atoms with van der Waals surface area (Å²) in [5.74, 6) is 0. The molecule has 13 heavy (non-hydrogen) atoms. The molecule has 82 valence electrons. The second-order valence-electron chi connectivity index (χ2n) is 1.48. The van der Waals surface area contributed by atoms with Gasteiger partial charge in [0.15, 0.2) is 0 Å². The summed E-state index contributed by atoms with van der Waals surface area (Å²) in [6.45, 7) is 13.1. The summed E-state index contributed by atoms with van der Waals surface area (Å²) < 4.78 is 0. The molecule has 0 spiro atoms. The molecule has 4 heteroatoms. The van der Waals surface area contributed by atoms with Crippen molar-refractivity contribution in [3.05, 3.63) is 26.3 Å². The maximum absolute atomic E-state index is 8.11. The van der Waals surface area contributed by atoms with E-state index in [0.29, 0.717) is 0 Å². The standard InChI is InChI=1S/C3H8O2.C2H6O2.2C2H4/c1-3(5)2-4;3-1-2-4;2*1-2/h3-5H,2H2,1H3;3-4H,1-2H2;2*1-2H2. The van der Waals surface area contributed by atoms with Crippen LogP contribution in [0, 0.1) is 0 Å². The molecule has 0 radical (unpaired) electrons. The molecule has 1 atom stereocenters. The summed E-state index contributed by atoms with van der Waals surface area (Å²) in [4.78, 5) is 0. The predicted molar refractivity (Wildman–Crippen MR) is 55.4 cm³/mol. The Morgan fingerprint density at radius 2 is 1.08 bits per heavy atom. The molecule has 0 aliphatic carbocycles. The first-order chi connectivity index (χ1) is 6.18. The van der Waals surface area contributed by atoms with E-state index < -0.39 is 6.10 Å². The number of aliphatic hydroxyl groups excluding tert-OH is 4. The quantitative estimate of drug-likeness (QED) is 0.464. The third kappa shape index (κ3) is 183. The highest BCUT2D eigenvalue weighted by atomic mass is 16.3. The van der Waals surface area contributed by atoms with Crippen molar-refractivity contribution < 1.29 is 20.4 Å². The molecule has 0 amide bonds. The van der Waals surface area contributed by atoms with E-state index in [4.69, 9.17) is 20.4 Å². The summed E-state index contributed by atoms with van der Waals surface area (Å²) in [6, 6.07) is 0. The van der Waals surface area contributed by atoms with Crippen molar-refractivity contribution in [1.82, 2.24) is 0 Å². The van der Waals surface area contributed by atoms with Crippen molar-refractivity contribution in [1.29, 1.82) is 0 Å². The molecule has 0 aromatic carbocycles. The fraction of sp³-hybridized carbons (Fsp3) is 0.556. The van der Waals surface area contributed by atoms with Crippen LogP contribution in [0.3, 0.4) is 0 Å². The lowest BCUT2D eigenvalue weighted by atomic mass is 10.5. The molecule has 0 saturated carbocycles. The Bertz CT molecular complexity index is 53.6. The molecule has 4 nitrogen and oxygen atoms in total. The molecular weight excluding hydrogens is 172 g/mol. The van der Waals surface area contributed by atoms with Crippen molar-refractivity contribution in [2.24, 2.45) is 0 Å². The van der Waals surface area contributed by atoms with Crippen LogP contribution in [0.4, 0.5) is 0 Å². The molecular formula is C9H22O4. The van der Waals surface area contributed by atoms with Crippen LogP contribution in [0.25, 0.3) is 0 Å². The Labute approximate surface area is 80.5 Å². The monoisotopic (exact) mass is 194 g/mol. The van der Waals surface area contributed by atoms with Gasteiger partial charge >= 0.3 is 0 Å². The van der Waals surface area contributed by atoms with Crippen LogP contribution in [0.1, 0.15) is 6.92 Å². The van der Waals surface area contributed by atoms with Gasteiger partial charge in [0.05, 0.1) is 25.9 Å². The van der Waals surface area contributed by atoms with Crippen LogP contribution >= 0.6 is 0 Å². The lowest BCUT2D eigenvalue weighted by Crippen LogP contribution is -2.03. The Morgan fingerprint density at radius 1 is 0.923 bits per heavy atom. The highest BCUT2D eigenvalue weighted by Crippen LogP contribution is 1.68. The van der Waals surface area contributed by atoms with E-state index in [0.717, 1.165) is 0 Å². The fourth-order valence-electron chi connectivity index (χ4n) is 0. The maximum Gasteiger partial charge on any atom is 0.0742 e. The molecule has 0 aromatic heterocycles. The van der Waals surface area contributed by atoms with Gasteiger partial charge in [0.2, 0.25) is 0 Å². The van der Waals surface area contributed by atoms with Crippen LogP contribution in [0.2, 0.25) is 0 Å². The third-order valence-electron chi connectivity index (χ3n) is 0.364. The summed E-state index contributed by atoms with van der Waals surface area (Å²) in [6.07, 6.45) is -0.560. The lowest BCUT2D eigenvalue weighted by molar-refractivity contribution is 0.110. The van der Waals surface area contributed by atoms with Gasteiger partial charge in [0, 0.05) is 0 Å². The van der Waals surface area contributed by atoms with E-state index in [-0.39, 0.29) is 19.8 Å². The Hall–Kier alpha value is -0.680. The first kappa shape index (κ1) is 22.8. The minimum atomic E-state index is -0.560. The molecule has 0 heterocycles. The smallest absolute Gasteiger partial charge is 0.0742 e. The Balaban J connectivity index is -0.0000000457. The average molecular weight is 194 g/mol. The molecule has 0 bridgehead atoms. The molecule has 0 aromatic rings. The molecule has 0 fully saturated rings. The Morgan fingerprint density at radius 3 is 1.08 bits per heavy atom. The number of aliphatic hydroxyl groups is 4. The van der Waals surface area contributed by atoms with E-state index in [9.17, 15) is 0 Å². The van der Waals surface area contributed by atoms with Gasteiger partial charge < -0.3 is 20.4 Å². The van der Waals surface area contributed by atoms with Gasteiger partial charge in [-0.3, -0.25) is 0 Å². The van der Waals surface area contributed by atoms with E-state index in [2.05, 4.69) is 26.3 Å². The van der Waals surface area contributed by atoms with Crippen molar-refractivity contribution >= 4 is 0 Å². The maximum atomic E-state index is 8.11. The lowest BCUT2D eigenvalue weighted by Gasteiger charge is -1.90. The van der Waals surface area contributed by atoms with Gasteiger partial charge in [-0.15, -0.1) is 26.3 Å². The van der Waals surface area contributed by atoms with Gasteiger partial charge in [-0.1, -0.05) is 0 Å². The second kappa shape index (κ2) is 42.6. The number of hydrogen-bond donors (Lipinski definition) is 4. The highest BCUT2D eigenvalue weighted by molar-refractivity contribution is 4.34. The van der Waals surface area contributed by atoms with Gasteiger partial charge in [-0.2, -0.15) is 0 Å². The van der Waals surface area contributed by atoms with E-state index in [1.807, 2.05) is 0 Å². The molecule has 1 unspecified atom stereocenters. The normalized spacial score (nSPS) is 8.69. The summed E-state index contributed by atoms with van der Waals surface area (Å²) in [5, 5.41) is 31.3. The van der Waals surface area contributed by atoms with E-state index in [1.54, 1.807) is 0 Å². The van der Waals surface area contributed by atoms with Crippen LogP contribution in [0.15, 0.2) is 26.3 Å². The summed E-state index contributed by atoms with van der Waals surface area (Å²) >= 11 is 0. The van der Waals surface area contributed by atoms with Crippen LogP contribution < -0.4 is 0 Å². The van der Waals surface area contributed by atoms with Crippen molar-refractivity contribution in [3.63, 3.8) is 0 Å². The van der Waals surface area contributed by atoms with Crippen molar-refractivity contribution in [3.8, 4) is 0 Å². The Kier molecular flexibility index (Phi) is 74.7. The van der Waals surface area contributed by atoms with Crippen molar-refractivity contribution in [2.45, 2.75) is 13.0 Å². The zero-order valence-corrected chi connectivity index (χ0v) is 8.32. The van der Waals surface area contributed by atoms with Gasteiger partial charge in [0.1, 0.15) is 0 Å². The fourth-order valence-corrected chi connectivity index (χ4v) is 0. The third-order valence-corrected chi connectivity index (χ3v) is 0.364. The zero-order valence-electron chi connectivity index (χ0n) is 8.32. The van der Waals surface area contributed by atoms with Gasteiger partial charge in [-0.05, 0) is 6.92 Å². The summed E-state index contributed by atoms with van der Waals surface area (Å²) in [7, 11) is 0. The SMILES string of the molecule is C=C.C=C.CC(O)CO.OCCO. The average Bonchev–Trinajstić information content (AvgIpc) is 2.24. The largest absolute Gasteiger partial charge is 0.394 e. The highest BCUT2D eigenvalue weighted by Gasteiger charge is 1.83. The molecule has 0 rings (SSSR count).